The molecule has 0 saturated carbocycles. The summed E-state index contributed by atoms with van der Waals surface area (Å²) in [5.41, 5.74) is 1.31. The van der Waals surface area contributed by atoms with E-state index in [0.717, 1.165) is 11.1 Å². The van der Waals surface area contributed by atoms with E-state index in [9.17, 15) is 19.7 Å². The van der Waals surface area contributed by atoms with Crippen LogP contribution in [0.25, 0.3) is 0 Å². The molecule has 3 rings (SSSR count). The number of aryl methyl sites for hydroxylation is 1. The molecule has 0 atom stereocenters. The summed E-state index contributed by atoms with van der Waals surface area (Å²) in [6, 6.07) is 16.5. The first kappa shape index (κ1) is 18.1. The molecule has 1 aromatic heterocycles. The van der Waals surface area contributed by atoms with Gasteiger partial charge in [-0.25, -0.2) is 0 Å². The Balaban J connectivity index is 1.87. The molecule has 1 amide bonds. The second-order valence-electron chi connectivity index (χ2n) is 6.07. The van der Waals surface area contributed by atoms with E-state index >= 15 is 0 Å². The molecule has 3 aromatic rings. The number of hydrogen-bond donors (Lipinski definition) is 1. The molecular formula is C20H17N3O4. The van der Waals surface area contributed by atoms with E-state index in [-0.39, 0.29) is 16.9 Å². The van der Waals surface area contributed by atoms with Gasteiger partial charge in [-0.1, -0.05) is 42.0 Å². The van der Waals surface area contributed by atoms with Gasteiger partial charge in [0.15, 0.2) is 0 Å². The van der Waals surface area contributed by atoms with Crippen molar-refractivity contribution >= 4 is 17.3 Å². The summed E-state index contributed by atoms with van der Waals surface area (Å²) >= 11 is 0. The van der Waals surface area contributed by atoms with Gasteiger partial charge in [-0.05, 0) is 30.7 Å². The van der Waals surface area contributed by atoms with Crippen LogP contribution in [0.4, 0.5) is 11.4 Å². The summed E-state index contributed by atoms with van der Waals surface area (Å²) in [7, 11) is 0. The number of aromatic nitrogens is 1. The smallest absolute Gasteiger partial charge is 0.292 e. The van der Waals surface area contributed by atoms with Crippen LogP contribution in [0.2, 0.25) is 0 Å². The van der Waals surface area contributed by atoms with E-state index in [1.54, 1.807) is 18.3 Å². The minimum absolute atomic E-state index is 0.0424. The number of hydrogen-bond acceptors (Lipinski definition) is 4. The third-order valence-electron chi connectivity index (χ3n) is 4.09. The van der Waals surface area contributed by atoms with Crippen LogP contribution in [0.5, 0.6) is 0 Å². The zero-order valence-electron chi connectivity index (χ0n) is 14.6. The maximum Gasteiger partial charge on any atom is 0.292 e. The third-order valence-corrected chi connectivity index (χ3v) is 4.09. The number of nitrogens with one attached hydrogen (secondary N) is 1. The molecule has 0 fully saturated rings. The average Bonchev–Trinajstić information content (AvgIpc) is 2.65. The van der Waals surface area contributed by atoms with Crippen molar-refractivity contribution in [3.8, 4) is 0 Å². The molecule has 0 saturated heterocycles. The zero-order chi connectivity index (χ0) is 19.4. The van der Waals surface area contributed by atoms with E-state index in [4.69, 9.17) is 0 Å². The molecule has 2 aromatic carbocycles. The summed E-state index contributed by atoms with van der Waals surface area (Å²) in [4.78, 5) is 35.7. The predicted octanol–water partition coefficient (Wildman–Crippen LogP) is 3.37. The summed E-state index contributed by atoms with van der Waals surface area (Å²) < 4.78 is 1.43. The van der Waals surface area contributed by atoms with Gasteiger partial charge in [0.2, 0.25) is 0 Å². The highest BCUT2D eigenvalue weighted by Crippen LogP contribution is 2.23. The van der Waals surface area contributed by atoms with E-state index in [0.29, 0.717) is 6.54 Å². The van der Waals surface area contributed by atoms with Crippen LogP contribution >= 0.6 is 0 Å². The van der Waals surface area contributed by atoms with Crippen molar-refractivity contribution in [1.82, 2.24) is 4.57 Å². The van der Waals surface area contributed by atoms with Crippen LogP contribution in [0.15, 0.2) is 71.7 Å². The van der Waals surface area contributed by atoms with Crippen molar-refractivity contribution in [2.75, 3.05) is 5.32 Å². The van der Waals surface area contributed by atoms with Gasteiger partial charge in [-0.2, -0.15) is 0 Å². The number of rotatable bonds is 5. The van der Waals surface area contributed by atoms with Gasteiger partial charge in [0, 0.05) is 12.3 Å². The summed E-state index contributed by atoms with van der Waals surface area (Å²) in [5.74, 6) is -0.687. The molecule has 0 aliphatic heterocycles. The molecule has 7 heteroatoms. The second kappa shape index (κ2) is 7.65. The van der Waals surface area contributed by atoms with Gasteiger partial charge >= 0.3 is 0 Å². The molecule has 0 bridgehead atoms. The first-order valence-electron chi connectivity index (χ1n) is 8.25. The summed E-state index contributed by atoms with van der Waals surface area (Å²) in [5, 5.41) is 13.5. The van der Waals surface area contributed by atoms with Crippen molar-refractivity contribution < 1.29 is 9.72 Å². The van der Waals surface area contributed by atoms with Gasteiger partial charge in [-0.15, -0.1) is 0 Å². The Morgan fingerprint density at radius 2 is 1.78 bits per heavy atom. The van der Waals surface area contributed by atoms with Gasteiger partial charge in [0.05, 0.1) is 11.5 Å². The number of carbonyl (C=O) groups is 1. The fraction of sp³-hybridized carbons (Fsp3) is 0.100. The quantitative estimate of drug-likeness (QED) is 0.555. The van der Waals surface area contributed by atoms with Crippen LogP contribution in [0.1, 0.15) is 21.5 Å². The number of nitro groups is 1. The molecule has 136 valence electrons. The standard InChI is InChI=1S/C20H17N3O4/c1-14-8-10-15(11-9-14)13-22-12-4-5-16(20(22)25)19(24)21-17-6-2-3-7-18(17)23(26)27/h2-12H,13H2,1H3,(H,21,24). The van der Waals surface area contributed by atoms with E-state index in [2.05, 4.69) is 5.32 Å². The number of amides is 1. The first-order chi connectivity index (χ1) is 13.0. The molecule has 0 aliphatic rings. The maximum atomic E-state index is 12.7. The van der Waals surface area contributed by atoms with Gasteiger partial charge in [0.25, 0.3) is 17.2 Å². The molecule has 1 heterocycles. The van der Waals surface area contributed by atoms with Crippen molar-refractivity contribution in [2.45, 2.75) is 13.5 Å². The molecular weight excluding hydrogens is 346 g/mol. The summed E-state index contributed by atoms with van der Waals surface area (Å²) in [6.45, 7) is 2.30. The average molecular weight is 363 g/mol. The van der Waals surface area contributed by atoms with Crippen LogP contribution < -0.4 is 10.9 Å². The maximum absolute atomic E-state index is 12.7. The monoisotopic (exact) mass is 363 g/mol. The van der Waals surface area contributed by atoms with Crippen molar-refractivity contribution in [3.05, 3.63) is 104 Å². The van der Waals surface area contributed by atoms with E-state index in [1.165, 1.54) is 28.8 Å². The number of pyridine rings is 1. The van der Waals surface area contributed by atoms with Crippen molar-refractivity contribution in [3.63, 3.8) is 0 Å². The number of nitrogens with zero attached hydrogens (tertiary/aromatic N) is 2. The number of benzene rings is 2. The molecule has 0 unspecified atom stereocenters. The predicted molar refractivity (Wildman–Crippen MR) is 102 cm³/mol. The molecule has 1 N–H and O–H groups in total. The van der Waals surface area contributed by atoms with Crippen LogP contribution in [-0.4, -0.2) is 15.4 Å². The number of carbonyl (C=O) groups excluding carboxylic acids is 1. The Hall–Kier alpha value is -3.74. The molecule has 0 radical (unpaired) electrons. The number of anilines is 1. The van der Waals surface area contributed by atoms with Crippen molar-refractivity contribution in [1.29, 1.82) is 0 Å². The van der Waals surface area contributed by atoms with Gasteiger partial charge in [0.1, 0.15) is 11.3 Å². The highest BCUT2D eigenvalue weighted by atomic mass is 16.6. The lowest BCUT2D eigenvalue weighted by atomic mass is 10.1. The number of para-hydroxylation sites is 2. The van der Waals surface area contributed by atoms with Gasteiger partial charge < -0.3 is 9.88 Å². The fourth-order valence-corrected chi connectivity index (χ4v) is 2.65. The largest absolute Gasteiger partial charge is 0.316 e. The molecule has 7 nitrogen and oxygen atoms in total. The Kier molecular flexibility index (Phi) is 5.12. The van der Waals surface area contributed by atoms with Crippen LogP contribution in [-0.2, 0) is 6.54 Å². The zero-order valence-corrected chi connectivity index (χ0v) is 14.6. The number of nitro benzene ring substituents is 1. The lowest BCUT2D eigenvalue weighted by molar-refractivity contribution is -0.383. The van der Waals surface area contributed by atoms with Crippen molar-refractivity contribution in [2.24, 2.45) is 0 Å². The van der Waals surface area contributed by atoms with E-state index < -0.39 is 16.4 Å². The minimum Gasteiger partial charge on any atom is -0.316 e. The SMILES string of the molecule is Cc1ccc(Cn2cccc(C(=O)Nc3ccccc3[N+](=O)[O-])c2=O)cc1. The molecule has 0 aliphatic carbocycles. The lowest BCUT2D eigenvalue weighted by Crippen LogP contribution is -2.29. The lowest BCUT2D eigenvalue weighted by Gasteiger charge is -2.09. The Morgan fingerprint density at radius 1 is 1.07 bits per heavy atom. The summed E-state index contributed by atoms with van der Waals surface area (Å²) in [6.07, 6.45) is 1.60. The fourth-order valence-electron chi connectivity index (χ4n) is 2.65. The van der Waals surface area contributed by atoms with E-state index in [1.807, 2.05) is 31.2 Å². The first-order valence-corrected chi connectivity index (χ1v) is 8.25. The highest BCUT2D eigenvalue weighted by molar-refractivity contribution is 6.05. The molecule has 27 heavy (non-hydrogen) atoms. The Morgan fingerprint density at radius 3 is 2.48 bits per heavy atom. The third kappa shape index (κ3) is 4.09. The van der Waals surface area contributed by atoms with Crippen LogP contribution in [0, 0.1) is 17.0 Å². The Labute approximate surface area is 155 Å². The topological polar surface area (TPSA) is 94.2 Å². The minimum atomic E-state index is -0.687. The van der Waals surface area contributed by atoms with Crippen LogP contribution in [0.3, 0.4) is 0 Å². The highest BCUT2D eigenvalue weighted by Gasteiger charge is 2.18. The molecule has 0 spiro atoms. The normalized spacial score (nSPS) is 10.4. The second-order valence-corrected chi connectivity index (χ2v) is 6.07. The Bertz CT molecular complexity index is 1060. The van der Waals surface area contributed by atoms with Gasteiger partial charge in [-0.3, -0.25) is 19.7 Å².